The molecule has 0 aliphatic heterocycles. The molecule has 0 radical (unpaired) electrons. The first-order valence-corrected chi connectivity index (χ1v) is 12.0. The first kappa shape index (κ1) is 18.2. The molecule has 4 rings (SSSR count). The topological polar surface area (TPSA) is 109 Å². The molecule has 0 aliphatic rings. The van der Waals surface area contributed by atoms with Gasteiger partial charge in [-0.2, -0.15) is 16.8 Å². The zero-order valence-corrected chi connectivity index (χ0v) is 16.2. The van der Waals surface area contributed by atoms with Crippen molar-refractivity contribution in [1.82, 2.24) is 0 Å². The van der Waals surface area contributed by atoms with Gasteiger partial charge >= 0.3 is 0 Å². The molecule has 6 nitrogen and oxygen atoms in total. The lowest BCUT2D eigenvalue weighted by Gasteiger charge is -2.04. The highest BCUT2D eigenvalue weighted by atomic mass is 32.2. The minimum Gasteiger partial charge on any atom is -0.282 e. The van der Waals surface area contributed by atoms with Crippen LogP contribution in [0.15, 0.2) is 76.5 Å². The van der Waals surface area contributed by atoms with Gasteiger partial charge in [0.2, 0.25) is 0 Å². The van der Waals surface area contributed by atoms with Gasteiger partial charge in [-0.25, -0.2) is 0 Å². The van der Waals surface area contributed by atoms with Crippen LogP contribution in [0.1, 0.15) is 0 Å². The van der Waals surface area contributed by atoms with Crippen molar-refractivity contribution in [2.24, 2.45) is 0 Å². The van der Waals surface area contributed by atoms with Gasteiger partial charge in [0.25, 0.3) is 20.2 Å². The third-order valence-electron chi connectivity index (χ3n) is 4.32. The standard InChI is InChI=1S/C18H13O6PS2/c19-26(20,21)13-6-8-17-15(10-13)16-11-14(27(22,23)24)7-9-18(16)25(17)12-4-2-1-3-5-12/h1-11H,(H,19,20,21)(H,22,23,24). The van der Waals surface area contributed by atoms with Crippen molar-refractivity contribution in [3.63, 3.8) is 0 Å². The third-order valence-corrected chi connectivity index (χ3v) is 8.58. The molecule has 1 heterocycles. The zero-order valence-electron chi connectivity index (χ0n) is 13.6. The Balaban J connectivity index is 2.19. The highest BCUT2D eigenvalue weighted by Crippen LogP contribution is 2.55. The van der Waals surface area contributed by atoms with Crippen molar-refractivity contribution in [3.05, 3.63) is 66.7 Å². The van der Waals surface area contributed by atoms with Crippen LogP contribution < -0.4 is 0 Å². The number of hydrogen-bond acceptors (Lipinski definition) is 4. The van der Waals surface area contributed by atoms with Gasteiger partial charge < -0.3 is 0 Å². The summed E-state index contributed by atoms with van der Waals surface area (Å²) in [6, 6.07) is 18.2. The number of hydrogen-bond donors (Lipinski definition) is 2. The molecule has 9 heteroatoms. The highest BCUT2D eigenvalue weighted by Gasteiger charge is 2.19. The van der Waals surface area contributed by atoms with Gasteiger partial charge in [-0.1, -0.05) is 37.9 Å². The molecule has 27 heavy (non-hydrogen) atoms. The lowest BCUT2D eigenvalue weighted by Crippen LogP contribution is -1.97. The van der Waals surface area contributed by atoms with Crippen LogP contribution in [-0.2, 0) is 20.2 Å². The van der Waals surface area contributed by atoms with Crippen molar-refractivity contribution in [1.29, 1.82) is 0 Å². The molecule has 0 saturated carbocycles. The van der Waals surface area contributed by atoms with E-state index in [1.165, 1.54) is 24.3 Å². The minimum atomic E-state index is -4.41. The Morgan fingerprint density at radius 1 is 0.630 bits per heavy atom. The maximum absolute atomic E-state index is 11.5. The summed E-state index contributed by atoms with van der Waals surface area (Å²) in [4.78, 5) is -0.538. The van der Waals surface area contributed by atoms with Gasteiger partial charge in [-0.05, 0) is 52.5 Å². The molecule has 4 aromatic rings. The highest BCUT2D eigenvalue weighted by molar-refractivity contribution is 7.86. The molecule has 0 bridgehead atoms. The molecule has 0 saturated heterocycles. The third kappa shape index (κ3) is 3.16. The largest absolute Gasteiger partial charge is 0.294 e. The van der Waals surface area contributed by atoms with E-state index in [0.717, 1.165) is 15.5 Å². The Labute approximate surface area is 156 Å². The molecular formula is C18H13O6PS2. The Kier molecular flexibility index (Phi) is 4.14. The Bertz CT molecular complexity index is 1320. The van der Waals surface area contributed by atoms with E-state index >= 15 is 0 Å². The molecule has 0 spiro atoms. The van der Waals surface area contributed by atoms with E-state index in [1.807, 2.05) is 30.3 Å². The number of rotatable bonds is 3. The van der Waals surface area contributed by atoms with Crippen molar-refractivity contribution in [2.75, 3.05) is 0 Å². The molecule has 0 aliphatic carbocycles. The summed E-state index contributed by atoms with van der Waals surface area (Å²) >= 11 is 0. The molecule has 0 atom stereocenters. The summed E-state index contributed by atoms with van der Waals surface area (Å²) in [7, 11) is -9.84. The summed E-state index contributed by atoms with van der Waals surface area (Å²) in [6.45, 7) is 0. The Morgan fingerprint density at radius 2 is 1.07 bits per heavy atom. The fourth-order valence-electron chi connectivity index (χ4n) is 3.16. The predicted molar refractivity (Wildman–Crippen MR) is 105 cm³/mol. The van der Waals surface area contributed by atoms with Crippen LogP contribution in [0.5, 0.6) is 0 Å². The number of fused-ring (bicyclic) bond motifs is 3. The Morgan fingerprint density at radius 3 is 1.48 bits per heavy atom. The van der Waals surface area contributed by atoms with Crippen LogP contribution in [0.25, 0.3) is 26.3 Å². The molecular weight excluding hydrogens is 407 g/mol. The van der Waals surface area contributed by atoms with Gasteiger partial charge in [0, 0.05) is 10.2 Å². The zero-order chi connectivity index (χ0) is 19.4. The van der Waals surface area contributed by atoms with Crippen LogP contribution in [0.2, 0.25) is 0 Å². The smallest absolute Gasteiger partial charge is 0.282 e. The van der Waals surface area contributed by atoms with E-state index in [1.54, 1.807) is 12.1 Å². The molecule has 3 aromatic carbocycles. The van der Waals surface area contributed by atoms with Crippen molar-refractivity contribution < 1.29 is 25.9 Å². The second-order valence-corrected chi connectivity index (χ2v) is 11.0. The van der Waals surface area contributed by atoms with Crippen LogP contribution in [0.4, 0.5) is 0 Å². The van der Waals surface area contributed by atoms with Crippen molar-refractivity contribution in [2.45, 2.75) is 9.79 Å². The molecule has 2 N–H and O–H groups in total. The molecule has 0 amide bonds. The van der Waals surface area contributed by atoms with Crippen LogP contribution in [-0.4, -0.2) is 25.9 Å². The average Bonchev–Trinajstić information content (AvgIpc) is 2.94. The van der Waals surface area contributed by atoms with Gasteiger partial charge in [-0.3, -0.25) is 9.11 Å². The minimum absolute atomic E-state index is 0.269. The van der Waals surface area contributed by atoms with Gasteiger partial charge in [-0.15, -0.1) is 0 Å². The summed E-state index contributed by atoms with van der Waals surface area (Å²) in [5, 5.41) is 3.78. The van der Waals surface area contributed by atoms with E-state index in [4.69, 9.17) is 0 Å². The normalized spacial score (nSPS) is 12.7. The quantitative estimate of drug-likeness (QED) is 0.474. The summed E-state index contributed by atoms with van der Waals surface area (Å²) in [5.41, 5.74) is 0. The molecule has 1 aromatic heterocycles. The van der Waals surface area contributed by atoms with E-state index in [0.29, 0.717) is 10.8 Å². The van der Waals surface area contributed by atoms with Crippen LogP contribution in [0.3, 0.4) is 0 Å². The summed E-state index contributed by atoms with van der Waals surface area (Å²) < 4.78 is 64.9. The van der Waals surface area contributed by atoms with E-state index in [2.05, 4.69) is 0 Å². The second kappa shape index (κ2) is 6.15. The lowest BCUT2D eigenvalue weighted by atomic mass is 10.1. The SMILES string of the molecule is O=S(=O)(O)c1ccc2c(c1)c1cc(S(=O)(=O)O)ccc1p2-c1ccccc1. The fraction of sp³-hybridized carbons (Fsp3) is 0. The number of benzene rings is 3. The first-order valence-electron chi connectivity index (χ1n) is 7.75. The summed E-state index contributed by atoms with van der Waals surface area (Å²) in [5.74, 6) is 0. The van der Waals surface area contributed by atoms with E-state index in [-0.39, 0.29) is 9.79 Å². The van der Waals surface area contributed by atoms with Gasteiger partial charge in [0.05, 0.1) is 9.79 Å². The molecule has 138 valence electrons. The van der Waals surface area contributed by atoms with E-state index < -0.39 is 27.8 Å². The predicted octanol–water partition coefficient (Wildman–Crippen LogP) is 4.46. The molecule has 0 unspecified atom stereocenters. The summed E-state index contributed by atoms with van der Waals surface area (Å²) in [6.07, 6.45) is 0. The maximum Gasteiger partial charge on any atom is 0.294 e. The first-order chi connectivity index (χ1) is 12.7. The molecule has 0 fully saturated rings. The van der Waals surface area contributed by atoms with Gasteiger partial charge in [0.15, 0.2) is 0 Å². The Hall–Kier alpha value is -2.22. The second-order valence-electron chi connectivity index (χ2n) is 5.98. The lowest BCUT2D eigenvalue weighted by molar-refractivity contribution is 0.481. The maximum atomic E-state index is 11.5. The monoisotopic (exact) mass is 420 g/mol. The van der Waals surface area contributed by atoms with Crippen LogP contribution in [0, 0.1) is 0 Å². The van der Waals surface area contributed by atoms with Crippen molar-refractivity contribution in [3.8, 4) is 5.30 Å². The van der Waals surface area contributed by atoms with Crippen LogP contribution >= 0.6 is 7.53 Å². The van der Waals surface area contributed by atoms with Crippen molar-refractivity contribution >= 4 is 48.8 Å². The van der Waals surface area contributed by atoms with Gasteiger partial charge in [0.1, 0.15) is 0 Å². The average molecular weight is 420 g/mol. The van der Waals surface area contributed by atoms with E-state index in [9.17, 15) is 25.9 Å². The fourth-order valence-corrected chi connectivity index (χ4v) is 6.76.